The Morgan fingerprint density at radius 3 is 2.52 bits per heavy atom. The largest absolute Gasteiger partial charge is 0.493 e. The Morgan fingerprint density at radius 1 is 1.09 bits per heavy atom. The number of methoxy groups -OCH3 is 1. The van der Waals surface area contributed by atoms with Gasteiger partial charge in [-0.2, -0.15) is 5.26 Å². The minimum atomic E-state index is -0.0548. The van der Waals surface area contributed by atoms with Crippen LogP contribution in [0.1, 0.15) is 17.5 Å². The highest BCUT2D eigenvalue weighted by Gasteiger charge is 2.11. The molecule has 4 nitrogen and oxygen atoms in total. The predicted octanol–water partition coefficient (Wildman–Crippen LogP) is 3.34. The van der Waals surface area contributed by atoms with E-state index in [0.717, 1.165) is 11.1 Å². The summed E-state index contributed by atoms with van der Waals surface area (Å²) in [6.07, 6.45) is 0.977. The van der Waals surface area contributed by atoms with E-state index in [1.54, 1.807) is 7.11 Å². The molecule has 2 rings (SSSR count). The van der Waals surface area contributed by atoms with Crippen LogP contribution in [0.5, 0.6) is 11.5 Å². The van der Waals surface area contributed by atoms with Crippen LogP contribution in [0, 0.1) is 17.2 Å². The summed E-state index contributed by atoms with van der Waals surface area (Å²) < 4.78 is 11.2. The lowest BCUT2D eigenvalue weighted by Crippen LogP contribution is -2.09. The normalized spacial score (nSPS) is 11.5. The van der Waals surface area contributed by atoms with Crippen molar-refractivity contribution in [2.45, 2.75) is 19.4 Å². The molecule has 0 heterocycles. The number of aliphatic hydroxyl groups excluding tert-OH is 1. The summed E-state index contributed by atoms with van der Waals surface area (Å²) in [5.41, 5.74) is 2.11. The summed E-state index contributed by atoms with van der Waals surface area (Å²) >= 11 is 0. The van der Waals surface area contributed by atoms with Gasteiger partial charge in [-0.05, 0) is 35.6 Å². The van der Waals surface area contributed by atoms with E-state index in [-0.39, 0.29) is 12.5 Å². The van der Waals surface area contributed by atoms with Crippen molar-refractivity contribution in [3.05, 3.63) is 59.7 Å². The number of hydrogen-bond acceptors (Lipinski definition) is 4. The molecule has 0 bridgehead atoms. The number of benzene rings is 2. The average molecular weight is 312 g/mol. The maximum absolute atomic E-state index is 9.30. The zero-order valence-electron chi connectivity index (χ0n) is 13.2. The first kappa shape index (κ1) is 16.9. The van der Waals surface area contributed by atoms with Gasteiger partial charge in [0.15, 0.2) is 11.5 Å². The van der Waals surface area contributed by atoms with E-state index >= 15 is 0 Å². The molecule has 0 saturated heterocycles. The Balaban J connectivity index is 2.05. The summed E-state index contributed by atoms with van der Waals surface area (Å²) in [6, 6.07) is 17.8. The van der Waals surface area contributed by atoms with Gasteiger partial charge < -0.3 is 14.6 Å². The van der Waals surface area contributed by atoms with E-state index in [2.05, 4.69) is 6.07 Å². The summed E-state index contributed by atoms with van der Waals surface area (Å²) in [6.45, 7) is 0.479. The first-order valence-electron chi connectivity index (χ1n) is 7.58. The van der Waals surface area contributed by atoms with E-state index in [1.165, 1.54) is 0 Å². The lowest BCUT2D eigenvalue weighted by Gasteiger charge is -2.14. The van der Waals surface area contributed by atoms with Crippen molar-refractivity contribution in [1.29, 1.82) is 5.26 Å². The van der Waals surface area contributed by atoms with Crippen LogP contribution < -0.4 is 9.47 Å². The summed E-state index contributed by atoms with van der Waals surface area (Å²) in [5.74, 6) is 1.29. The van der Waals surface area contributed by atoms with E-state index in [1.807, 2.05) is 48.5 Å². The molecule has 0 spiro atoms. The molecule has 1 unspecified atom stereocenters. The highest BCUT2D eigenvalue weighted by Crippen LogP contribution is 2.30. The molecular weight excluding hydrogens is 291 g/mol. The predicted molar refractivity (Wildman–Crippen MR) is 88.3 cm³/mol. The number of nitriles is 1. The molecule has 0 aliphatic carbocycles. The smallest absolute Gasteiger partial charge is 0.161 e. The molecule has 0 saturated carbocycles. The Kier molecular flexibility index (Phi) is 6.46. The summed E-state index contributed by atoms with van der Waals surface area (Å²) in [4.78, 5) is 0. The van der Waals surface area contributed by atoms with Gasteiger partial charge in [-0.15, -0.1) is 0 Å². The minimum Gasteiger partial charge on any atom is -0.493 e. The van der Waals surface area contributed by atoms with Crippen LogP contribution in [-0.4, -0.2) is 18.8 Å². The fraction of sp³-hybridized carbons (Fsp3) is 0.316. The standard InChI is InChI=1S/C19H21NO3/c1-22-19-12-16(11-17(13-21)9-10-20)7-8-18(19)23-14-15-5-3-2-4-6-15/h2-8,12,17,21H,9,11,13-14H2,1H3/i11+1. The van der Waals surface area contributed by atoms with Gasteiger partial charge >= 0.3 is 0 Å². The molecule has 120 valence electrons. The van der Waals surface area contributed by atoms with Gasteiger partial charge in [0.25, 0.3) is 0 Å². The molecular formula is C19H21NO3. The molecule has 1 N–H and O–H groups in total. The third-order valence-corrected chi connectivity index (χ3v) is 3.63. The summed E-state index contributed by atoms with van der Waals surface area (Å²) in [5, 5.41) is 18.1. The number of rotatable bonds is 8. The van der Waals surface area contributed by atoms with Crippen molar-refractivity contribution >= 4 is 0 Å². The van der Waals surface area contributed by atoms with Crippen molar-refractivity contribution in [3.63, 3.8) is 0 Å². The zero-order chi connectivity index (χ0) is 16.5. The quantitative estimate of drug-likeness (QED) is 0.759. The zero-order valence-corrected chi connectivity index (χ0v) is 13.2. The van der Waals surface area contributed by atoms with Crippen molar-refractivity contribution in [1.82, 2.24) is 0 Å². The topological polar surface area (TPSA) is 62.5 Å². The number of ether oxygens (including phenoxy) is 2. The molecule has 0 amide bonds. The van der Waals surface area contributed by atoms with Gasteiger partial charge in [0.2, 0.25) is 0 Å². The SMILES string of the molecule is COc1cc([13CH2]C(CO)CC#N)ccc1OCc1ccccc1. The van der Waals surface area contributed by atoms with Crippen LogP contribution in [-0.2, 0) is 13.0 Å². The number of aliphatic hydroxyl groups is 1. The van der Waals surface area contributed by atoms with E-state index in [4.69, 9.17) is 14.7 Å². The third-order valence-electron chi connectivity index (χ3n) is 3.63. The fourth-order valence-electron chi connectivity index (χ4n) is 2.36. The van der Waals surface area contributed by atoms with Crippen LogP contribution in [0.15, 0.2) is 48.5 Å². The maximum Gasteiger partial charge on any atom is 0.161 e. The van der Waals surface area contributed by atoms with Crippen LogP contribution in [0.2, 0.25) is 0 Å². The van der Waals surface area contributed by atoms with Gasteiger partial charge in [0.05, 0.1) is 13.2 Å². The monoisotopic (exact) mass is 312 g/mol. The number of hydrogen-bond donors (Lipinski definition) is 1. The molecule has 0 aliphatic heterocycles. The van der Waals surface area contributed by atoms with Crippen molar-refractivity contribution < 1.29 is 14.6 Å². The molecule has 2 aromatic rings. The molecule has 2 aromatic carbocycles. The van der Waals surface area contributed by atoms with Crippen LogP contribution >= 0.6 is 0 Å². The molecule has 23 heavy (non-hydrogen) atoms. The molecule has 0 fully saturated rings. The van der Waals surface area contributed by atoms with Gasteiger partial charge in [0.1, 0.15) is 6.61 Å². The fourth-order valence-corrected chi connectivity index (χ4v) is 2.36. The first-order valence-corrected chi connectivity index (χ1v) is 7.58. The molecule has 0 aromatic heterocycles. The van der Waals surface area contributed by atoms with Gasteiger partial charge in [-0.25, -0.2) is 0 Å². The van der Waals surface area contributed by atoms with Crippen molar-refractivity contribution in [2.75, 3.05) is 13.7 Å². The second-order valence-corrected chi connectivity index (χ2v) is 5.37. The molecule has 4 heteroatoms. The highest BCUT2D eigenvalue weighted by molar-refractivity contribution is 5.43. The Morgan fingerprint density at radius 2 is 1.87 bits per heavy atom. The lowest BCUT2D eigenvalue weighted by atomic mass is 10.1. The van der Waals surface area contributed by atoms with Crippen molar-refractivity contribution in [2.24, 2.45) is 5.92 Å². The third kappa shape index (κ3) is 5.01. The van der Waals surface area contributed by atoms with Crippen molar-refractivity contribution in [3.8, 4) is 17.6 Å². The van der Waals surface area contributed by atoms with Crippen LogP contribution in [0.25, 0.3) is 0 Å². The second kappa shape index (κ2) is 8.82. The summed E-state index contributed by atoms with van der Waals surface area (Å²) in [7, 11) is 1.60. The minimum absolute atomic E-state index is 0.00212. The Labute approximate surface area is 136 Å². The second-order valence-electron chi connectivity index (χ2n) is 5.37. The maximum atomic E-state index is 9.30. The number of nitrogens with zero attached hydrogens (tertiary/aromatic N) is 1. The molecule has 0 radical (unpaired) electrons. The highest BCUT2D eigenvalue weighted by atomic mass is 16.5. The lowest BCUT2D eigenvalue weighted by molar-refractivity contribution is 0.228. The van der Waals surface area contributed by atoms with Crippen LogP contribution in [0.4, 0.5) is 0 Å². The Bertz CT molecular complexity index is 649. The van der Waals surface area contributed by atoms with E-state index < -0.39 is 0 Å². The van der Waals surface area contributed by atoms with Gasteiger partial charge in [-0.1, -0.05) is 36.4 Å². The Hall–Kier alpha value is -2.51. The van der Waals surface area contributed by atoms with E-state index in [9.17, 15) is 5.11 Å². The molecule has 1 atom stereocenters. The van der Waals surface area contributed by atoms with Crippen LogP contribution in [0.3, 0.4) is 0 Å². The van der Waals surface area contributed by atoms with Gasteiger partial charge in [-0.3, -0.25) is 0 Å². The first-order chi connectivity index (χ1) is 11.3. The molecule has 0 aliphatic rings. The van der Waals surface area contributed by atoms with Gasteiger partial charge in [0, 0.05) is 13.0 Å². The average Bonchev–Trinajstić information content (AvgIpc) is 2.60. The van der Waals surface area contributed by atoms with E-state index in [0.29, 0.717) is 30.9 Å².